The van der Waals surface area contributed by atoms with Crippen molar-refractivity contribution in [1.29, 1.82) is 0 Å². The summed E-state index contributed by atoms with van der Waals surface area (Å²) < 4.78 is 32.3. The van der Waals surface area contributed by atoms with Crippen LogP contribution in [0.1, 0.15) is 5.48 Å². The minimum absolute atomic E-state index is 0.156. The van der Waals surface area contributed by atoms with Crippen molar-refractivity contribution in [3.63, 3.8) is 0 Å². The number of hydrogen-bond donors (Lipinski definition) is 0. The van der Waals surface area contributed by atoms with E-state index >= 15 is 0 Å². The van der Waals surface area contributed by atoms with Gasteiger partial charge in [0.15, 0.2) is 10.4 Å². The molecule has 1 heterocycles. The van der Waals surface area contributed by atoms with Gasteiger partial charge in [-0.2, -0.15) is 0 Å². The van der Waals surface area contributed by atoms with Gasteiger partial charge in [0.25, 0.3) is 0 Å². The van der Waals surface area contributed by atoms with Gasteiger partial charge >= 0.3 is 0 Å². The summed E-state index contributed by atoms with van der Waals surface area (Å²) in [5, 5.41) is 0. The fourth-order valence-corrected chi connectivity index (χ4v) is 0.598. The second kappa shape index (κ2) is 2.77. The van der Waals surface area contributed by atoms with Crippen LogP contribution in [0.3, 0.4) is 0 Å². The highest BCUT2D eigenvalue weighted by atomic mass is 79.9. The van der Waals surface area contributed by atoms with E-state index in [2.05, 4.69) is 30.6 Å². The van der Waals surface area contributed by atoms with Crippen LogP contribution in [0.4, 0.5) is 0 Å². The summed E-state index contributed by atoms with van der Waals surface area (Å²) in [6.07, 6.45) is 0.872. The maximum atomic E-state index is 7.24. The van der Waals surface area contributed by atoms with Gasteiger partial charge in [-0.3, -0.25) is 0 Å². The lowest BCUT2D eigenvalue weighted by Gasteiger charge is -1.97. The molecule has 0 N–H and O–H groups in total. The maximum Gasteiger partial charge on any atom is 0.169 e. The smallest absolute Gasteiger partial charge is 0.169 e. The van der Waals surface area contributed by atoms with Crippen molar-refractivity contribution in [2.24, 2.45) is 0 Å². The van der Waals surface area contributed by atoms with E-state index in [9.17, 15) is 0 Å². The number of methoxy groups -OCH3 is 1. The summed E-state index contributed by atoms with van der Waals surface area (Å²) in [5.74, 6) is -0.178. The molecule has 0 radical (unpaired) electrons. The summed E-state index contributed by atoms with van der Waals surface area (Å²) >= 11 is 2.95. The van der Waals surface area contributed by atoms with E-state index in [1.165, 1.54) is 0 Å². The molecule has 1 aromatic heterocycles. The van der Waals surface area contributed by atoms with Gasteiger partial charge in [0, 0.05) is 0 Å². The number of rotatable bonds is 1. The third-order valence-corrected chi connectivity index (χ3v) is 1.25. The third kappa shape index (κ3) is 1.38. The van der Waals surface area contributed by atoms with Crippen molar-refractivity contribution in [1.82, 2.24) is 9.97 Å². The Morgan fingerprint density at radius 3 is 3.56 bits per heavy atom. The Labute approximate surface area is 66.8 Å². The van der Waals surface area contributed by atoms with Crippen LogP contribution < -0.4 is 4.74 Å². The Kier molecular flexibility index (Phi) is 0.914. The predicted octanol–water partition coefficient (Wildman–Crippen LogP) is 1.25. The molecule has 1 rings (SSSR count). The zero-order valence-electron chi connectivity index (χ0n) is 8.26. The van der Waals surface area contributed by atoms with Gasteiger partial charge in [-0.1, -0.05) is 0 Å². The first-order valence-corrected chi connectivity index (χ1v) is 2.85. The standard InChI is InChI=1S/C5H5BrN2O/c1-9-4-2-7-3-8-5(4)6/h2-3H,1H3/i1D3,2D. The van der Waals surface area contributed by atoms with E-state index in [0.717, 1.165) is 6.33 Å². The van der Waals surface area contributed by atoms with Crippen molar-refractivity contribution < 1.29 is 10.2 Å². The van der Waals surface area contributed by atoms with Crippen LogP contribution in [-0.2, 0) is 0 Å². The molecule has 0 aliphatic heterocycles. The second-order valence-corrected chi connectivity index (χ2v) is 1.96. The van der Waals surface area contributed by atoms with Crippen molar-refractivity contribution in [2.45, 2.75) is 0 Å². The van der Waals surface area contributed by atoms with Crippen molar-refractivity contribution in [3.05, 3.63) is 17.1 Å². The Bertz CT molecular complexity index is 296. The van der Waals surface area contributed by atoms with E-state index in [4.69, 9.17) is 5.48 Å². The summed E-state index contributed by atoms with van der Waals surface area (Å²) in [7, 11) is -2.59. The Morgan fingerprint density at radius 2 is 2.89 bits per heavy atom. The minimum atomic E-state index is -2.59. The first kappa shape index (κ1) is 2.96. The van der Waals surface area contributed by atoms with Gasteiger partial charge in [-0.05, 0) is 15.9 Å². The van der Waals surface area contributed by atoms with E-state index in [1.54, 1.807) is 0 Å². The molecule has 1 aromatic rings. The lowest BCUT2D eigenvalue weighted by Crippen LogP contribution is -1.87. The highest BCUT2D eigenvalue weighted by molar-refractivity contribution is 9.10. The SMILES string of the molecule is [2H]c1ncnc(Br)c1OC([2H])([2H])[2H]. The average molecular weight is 193 g/mol. The van der Waals surface area contributed by atoms with Crippen molar-refractivity contribution in [3.8, 4) is 5.75 Å². The first-order chi connectivity index (χ1) is 5.90. The Morgan fingerprint density at radius 1 is 2.00 bits per heavy atom. The zero-order chi connectivity index (χ0) is 10.1. The topological polar surface area (TPSA) is 35.0 Å². The Balaban J connectivity index is 3.00. The molecule has 3 nitrogen and oxygen atoms in total. The fraction of sp³-hybridized carbons (Fsp3) is 0.200. The molecule has 0 saturated heterocycles. The van der Waals surface area contributed by atoms with Crippen molar-refractivity contribution in [2.75, 3.05) is 7.04 Å². The number of halogens is 1. The van der Waals surface area contributed by atoms with Gasteiger partial charge in [0.1, 0.15) is 6.33 Å². The normalized spacial score (nSPS) is 17.0. The van der Waals surface area contributed by atoms with Crippen LogP contribution in [0.5, 0.6) is 5.75 Å². The summed E-state index contributed by atoms with van der Waals surface area (Å²) in [4.78, 5) is 7.11. The van der Waals surface area contributed by atoms with E-state index in [-0.39, 0.29) is 16.5 Å². The third-order valence-electron chi connectivity index (χ3n) is 0.684. The van der Waals surface area contributed by atoms with Crippen LogP contribution in [0, 0.1) is 0 Å². The lowest BCUT2D eigenvalue weighted by atomic mass is 10.6. The molecule has 0 aliphatic carbocycles. The molecule has 0 atom stereocenters. The van der Waals surface area contributed by atoms with Crippen LogP contribution in [0.25, 0.3) is 0 Å². The quantitative estimate of drug-likeness (QED) is 0.629. The largest absolute Gasteiger partial charge is 0.492 e. The maximum absolute atomic E-state index is 7.24. The second-order valence-electron chi connectivity index (χ2n) is 1.21. The van der Waals surface area contributed by atoms with Crippen LogP contribution >= 0.6 is 15.9 Å². The molecule has 0 saturated carbocycles. The molecule has 0 fully saturated rings. The highest BCUT2D eigenvalue weighted by Gasteiger charge is 1.96. The minimum Gasteiger partial charge on any atom is -0.492 e. The van der Waals surface area contributed by atoms with Crippen LogP contribution in [-0.4, -0.2) is 17.0 Å². The molecular formula is C5H5BrN2O. The van der Waals surface area contributed by atoms with Gasteiger partial charge in [0.2, 0.25) is 0 Å². The van der Waals surface area contributed by atoms with Crippen LogP contribution in [0.15, 0.2) is 17.1 Å². The molecule has 0 aliphatic rings. The number of nitrogens with zero attached hydrogens (tertiary/aromatic N) is 2. The lowest BCUT2D eigenvalue weighted by molar-refractivity contribution is 0.407. The van der Waals surface area contributed by atoms with Gasteiger partial charge in [-0.15, -0.1) is 0 Å². The van der Waals surface area contributed by atoms with Crippen molar-refractivity contribution >= 4 is 15.9 Å². The Hall–Kier alpha value is -0.640. The molecule has 0 amide bonds. The van der Waals surface area contributed by atoms with E-state index < -0.39 is 7.04 Å². The molecule has 4 heteroatoms. The van der Waals surface area contributed by atoms with Crippen LogP contribution in [0.2, 0.25) is 0 Å². The summed E-state index contributed by atoms with van der Waals surface area (Å²) in [6, 6.07) is 0. The molecule has 9 heavy (non-hydrogen) atoms. The zero-order valence-corrected chi connectivity index (χ0v) is 5.84. The molecule has 0 aromatic carbocycles. The first-order valence-electron chi connectivity index (χ1n) is 4.06. The molecule has 48 valence electrons. The number of aromatic nitrogens is 2. The number of ether oxygens (including phenoxy) is 1. The van der Waals surface area contributed by atoms with E-state index in [1.807, 2.05) is 0 Å². The van der Waals surface area contributed by atoms with Gasteiger partial charge < -0.3 is 4.74 Å². The van der Waals surface area contributed by atoms with E-state index in [0.29, 0.717) is 0 Å². The predicted molar refractivity (Wildman–Crippen MR) is 36.3 cm³/mol. The molecule has 0 unspecified atom stereocenters. The highest BCUT2D eigenvalue weighted by Crippen LogP contribution is 2.18. The molecule has 0 bridgehead atoms. The fourth-order valence-electron chi connectivity index (χ4n) is 0.337. The average Bonchev–Trinajstić information content (AvgIpc) is 1.95. The van der Waals surface area contributed by atoms with Gasteiger partial charge in [-0.25, -0.2) is 9.97 Å². The monoisotopic (exact) mass is 192 g/mol. The summed E-state index contributed by atoms with van der Waals surface area (Å²) in [5.41, 5.74) is 0. The molecular weight excluding hydrogens is 184 g/mol. The van der Waals surface area contributed by atoms with Gasteiger partial charge in [0.05, 0.1) is 18.7 Å². The number of hydrogen-bond acceptors (Lipinski definition) is 3. The molecule has 0 spiro atoms. The summed E-state index contributed by atoms with van der Waals surface area (Å²) in [6.45, 7) is 0.